The lowest BCUT2D eigenvalue weighted by atomic mass is 10.0. The molecule has 1 amide bonds. The SMILES string of the molecule is COCCCOc1cc(C(=O)N(C(C)C)[C@@H]2CCCNC2)c(Cl)cc1OC(C)C.Cl. The Bertz CT molecular complexity index is 665. The summed E-state index contributed by atoms with van der Waals surface area (Å²) in [5.41, 5.74) is 0.448. The van der Waals surface area contributed by atoms with Crippen molar-refractivity contribution >= 4 is 29.9 Å². The number of methoxy groups -OCH3 is 1. The number of carbonyl (C=O) groups is 1. The van der Waals surface area contributed by atoms with Crippen molar-refractivity contribution in [2.75, 3.05) is 33.4 Å². The van der Waals surface area contributed by atoms with Crippen molar-refractivity contribution in [3.05, 3.63) is 22.7 Å². The van der Waals surface area contributed by atoms with Gasteiger partial charge in [0.15, 0.2) is 11.5 Å². The van der Waals surface area contributed by atoms with Crippen LogP contribution in [0.1, 0.15) is 57.3 Å². The summed E-state index contributed by atoms with van der Waals surface area (Å²) in [6.45, 7) is 10.8. The van der Waals surface area contributed by atoms with Crippen LogP contribution in [0, 0.1) is 0 Å². The minimum absolute atomic E-state index is 0. The van der Waals surface area contributed by atoms with Gasteiger partial charge in [0.1, 0.15) is 0 Å². The second-order valence-electron chi connectivity index (χ2n) is 7.95. The molecule has 1 heterocycles. The van der Waals surface area contributed by atoms with Crippen molar-refractivity contribution in [1.29, 1.82) is 0 Å². The summed E-state index contributed by atoms with van der Waals surface area (Å²) in [5, 5.41) is 3.77. The summed E-state index contributed by atoms with van der Waals surface area (Å²) in [4.78, 5) is 15.4. The Balaban J connectivity index is 0.00000450. The van der Waals surface area contributed by atoms with Crippen LogP contribution in [0.3, 0.4) is 0 Å². The van der Waals surface area contributed by atoms with E-state index in [0.717, 1.165) is 32.4 Å². The predicted octanol–water partition coefficient (Wildman–Crippen LogP) is 4.57. The molecule has 172 valence electrons. The fourth-order valence-electron chi connectivity index (χ4n) is 3.58. The maximum absolute atomic E-state index is 13.5. The fraction of sp³-hybridized carbons (Fsp3) is 0.682. The zero-order valence-corrected chi connectivity index (χ0v) is 20.3. The summed E-state index contributed by atoms with van der Waals surface area (Å²) in [6, 6.07) is 3.64. The first-order valence-corrected chi connectivity index (χ1v) is 10.9. The van der Waals surface area contributed by atoms with Gasteiger partial charge in [-0.3, -0.25) is 4.79 Å². The van der Waals surface area contributed by atoms with E-state index in [-0.39, 0.29) is 36.5 Å². The number of hydrogen-bond donors (Lipinski definition) is 1. The Hall–Kier alpha value is -1.21. The second-order valence-corrected chi connectivity index (χ2v) is 8.35. The van der Waals surface area contributed by atoms with Crippen LogP contribution in [0.2, 0.25) is 5.02 Å². The lowest BCUT2D eigenvalue weighted by Crippen LogP contribution is -2.51. The van der Waals surface area contributed by atoms with Crippen molar-refractivity contribution in [2.45, 2.75) is 65.1 Å². The predicted molar refractivity (Wildman–Crippen MR) is 124 cm³/mol. The minimum atomic E-state index is -0.0726. The van der Waals surface area contributed by atoms with Crippen LogP contribution in [-0.2, 0) is 4.74 Å². The molecule has 1 saturated heterocycles. The van der Waals surface area contributed by atoms with Crippen molar-refractivity contribution in [3.63, 3.8) is 0 Å². The van der Waals surface area contributed by atoms with E-state index in [1.54, 1.807) is 19.2 Å². The summed E-state index contributed by atoms with van der Waals surface area (Å²) >= 11 is 6.53. The number of nitrogens with zero attached hydrogens (tertiary/aromatic N) is 1. The van der Waals surface area contributed by atoms with E-state index in [9.17, 15) is 4.79 Å². The average Bonchev–Trinajstić information content (AvgIpc) is 2.66. The van der Waals surface area contributed by atoms with Crippen LogP contribution >= 0.6 is 24.0 Å². The van der Waals surface area contributed by atoms with Gasteiger partial charge in [0, 0.05) is 44.8 Å². The van der Waals surface area contributed by atoms with Crippen LogP contribution in [0.4, 0.5) is 0 Å². The molecule has 1 N–H and O–H groups in total. The molecular weight excluding hydrogens is 427 g/mol. The van der Waals surface area contributed by atoms with Crippen molar-refractivity contribution in [2.24, 2.45) is 0 Å². The normalized spacial score (nSPS) is 16.3. The minimum Gasteiger partial charge on any atom is -0.490 e. The molecule has 1 fully saturated rings. The van der Waals surface area contributed by atoms with E-state index in [0.29, 0.717) is 35.3 Å². The summed E-state index contributed by atoms with van der Waals surface area (Å²) in [7, 11) is 1.66. The largest absolute Gasteiger partial charge is 0.490 e. The van der Waals surface area contributed by atoms with E-state index in [4.69, 9.17) is 25.8 Å². The third-order valence-corrected chi connectivity index (χ3v) is 5.14. The summed E-state index contributed by atoms with van der Waals surface area (Å²) in [5.74, 6) is 1.01. The number of nitrogens with one attached hydrogen (secondary N) is 1. The first kappa shape index (κ1) is 26.8. The lowest BCUT2D eigenvalue weighted by Gasteiger charge is -2.38. The van der Waals surface area contributed by atoms with Crippen LogP contribution in [0.5, 0.6) is 11.5 Å². The van der Waals surface area contributed by atoms with Crippen molar-refractivity contribution in [3.8, 4) is 11.5 Å². The molecule has 1 aromatic rings. The average molecular weight is 463 g/mol. The van der Waals surface area contributed by atoms with E-state index in [2.05, 4.69) is 5.32 Å². The molecule has 1 atom stereocenters. The highest BCUT2D eigenvalue weighted by atomic mass is 35.5. The van der Waals surface area contributed by atoms with Gasteiger partial charge in [-0.05, 0) is 53.1 Å². The molecule has 1 aliphatic rings. The van der Waals surface area contributed by atoms with Gasteiger partial charge in [0.2, 0.25) is 0 Å². The number of benzene rings is 1. The Kier molecular flexibility index (Phi) is 11.9. The van der Waals surface area contributed by atoms with Crippen LogP contribution < -0.4 is 14.8 Å². The Morgan fingerprint density at radius 2 is 1.97 bits per heavy atom. The van der Waals surface area contributed by atoms with Gasteiger partial charge in [0.25, 0.3) is 5.91 Å². The zero-order valence-electron chi connectivity index (χ0n) is 18.7. The van der Waals surface area contributed by atoms with E-state index >= 15 is 0 Å². The second kappa shape index (κ2) is 13.3. The molecule has 30 heavy (non-hydrogen) atoms. The van der Waals surface area contributed by atoms with Gasteiger partial charge >= 0.3 is 0 Å². The molecule has 0 unspecified atom stereocenters. The highest BCUT2D eigenvalue weighted by Crippen LogP contribution is 2.35. The highest BCUT2D eigenvalue weighted by molar-refractivity contribution is 6.34. The standard InChI is InChI=1S/C22H35ClN2O4.ClH/c1-15(2)25(17-8-6-9-24-14-17)22(26)18-12-20(28-11-7-10-27-5)21(13-19(18)23)29-16(3)4;/h12-13,15-17,24H,6-11,14H2,1-5H3;1H/t17-;/m1./s1. The molecule has 2 rings (SSSR count). The topological polar surface area (TPSA) is 60.0 Å². The van der Waals surface area contributed by atoms with E-state index in [1.807, 2.05) is 32.6 Å². The number of ether oxygens (including phenoxy) is 3. The Labute approximate surface area is 192 Å². The number of halogens is 2. The van der Waals surface area contributed by atoms with Gasteiger partial charge < -0.3 is 24.4 Å². The maximum atomic E-state index is 13.5. The lowest BCUT2D eigenvalue weighted by molar-refractivity contribution is 0.0573. The first-order chi connectivity index (χ1) is 13.8. The fourth-order valence-corrected chi connectivity index (χ4v) is 3.81. The summed E-state index contributed by atoms with van der Waals surface area (Å²) < 4.78 is 16.9. The monoisotopic (exact) mass is 462 g/mol. The first-order valence-electron chi connectivity index (χ1n) is 10.5. The van der Waals surface area contributed by atoms with Gasteiger partial charge in [-0.15, -0.1) is 12.4 Å². The van der Waals surface area contributed by atoms with Crippen molar-refractivity contribution in [1.82, 2.24) is 10.2 Å². The van der Waals surface area contributed by atoms with E-state index in [1.165, 1.54) is 0 Å². The highest BCUT2D eigenvalue weighted by Gasteiger charge is 2.30. The molecule has 6 nitrogen and oxygen atoms in total. The Morgan fingerprint density at radius 3 is 2.53 bits per heavy atom. The number of carbonyl (C=O) groups excluding carboxylic acids is 1. The Morgan fingerprint density at radius 1 is 1.23 bits per heavy atom. The smallest absolute Gasteiger partial charge is 0.256 e. The van der Waals surface area contributed by atoms with E-state index < -0.39 is 0 Å². The number of hydrogen-bond acceptors (Lipinski definition) is 5. The molecule has 1 aliphatic heterocycles. The van der Waals surface area contributed by atoms with Gasteiger partial charge in [-0.1, -0.05) is 11.6 Å². The number of amides is 1. The molecule has 0 aliphatic carbocycles. The van der Waals surface area contributed by atoms with Gasteiger partial charge in [-0.2, -0.15) is 0 Å². The summed E-state index contributed by atoms with van der Waals surface area (Å²) in [6.07, 6.45) is 2.76. The molecule has 0 radical (unpaired) electrons. The van der Waals surface area contributed by atoms with Crippen LogP contribution in [0.15, 0.2) is 12.1 Å². The third kappa shape index (κ3) is 7.49. The van der Waals surface area contributed by atoms with Gasteiger partial charge in [0.05, 0.1) is 23.3 Å². The molecular formula is C22H36Cl2N2O4. The van der Waals surface area contributed by atoms with Crippen molar-refractivity contribution < 1.29 is 19.0 Å². The van der Waals surface area contributed by atoms with Gasteiger partial charge in [-0.25, -0.2) is 0 Å². The molecule has 0 saturated carbocycles. The number of piperidine rings is 1. The van der Waals surface area contributed by atoms with Crippen LogP contribution in [0.25, 0.3) is 0 Å². The molecule has 1 aromatic carbocycles. The molecule has 0 aromatic heterocycles. The quantitative estimate of drug-likeness (QED) is 0.516. The molecule has 8 heteroatoms. The maximum Gasteiger partial charge on any atom is 0.256 e. The number of rotatable bonds is 10. The molecule has 0 bridgehead atoms. The zero-order chi connectivity index (χ0) is 21.4. The third-order valence-electron chi connectivity index (χ3n) is 4.83. The molecule has 0 spiro atoms. The van der Waals surface area contributed by atoms with Crippen LogP contribution in [-0.4, -0.2) is 62.4 Å².